The molecule has 0 fully saturated rings. The first kappa shape index (κ1) is 13.5. The minimum atomic E-state index is 0.413. The maximum atomic E-state index is 5.89. The predicted molar refractivity (Wildman–Crippen MR) is 80.3 cm³/mol. The largest absolute Gasteiger partial charge is 0.497 e. The summed E-state index contributed by atoms with van der Waals surface area (Å²) in [4.78, 5) is 0. The van der Waals surface area contributed by atoms with Crippen molar-refractivity contribution < 1.29 is 9.47 Å². The minimum Gasteiger partial charge on any atom is -0.497 e. The Morgan fingerprint density at radius 1 is 1.05 bits per heavy atom. The molecule has 2 rings (SSSR count). The third-order valence-corrected chi connectivity index (χ3v) is 3.35. The summed E-state index contributed by atoms with van der Waals surface area (Å²) < 4.78 is 11.6. The zero-order valence-corrected chi connectivity index (χ0v) is 12.1. The monoisotopic (exact) mass is 322 g/mol. The molecule has 0 saturated heterocycles. The highest BCUT2D eigenvalue weighted by atomic mass is 79.9. The van der Waals surface area contributed by atoms with Crippen molar-refractivity contribution in [2.45, 2.75) is 6.61 Å². The second-order valence-electron chi connectivity index (χ2n) is 4.02. The normalized spacial score (nSPS) is 10.2. The van der Waals surface area contributed by atoms with E-state index in [4.69, 9.17) is 20.9 Å². The van der Waals surface area contributed by atoms with Crippen LogP contribution in [0, 0.1) is 0 Å². The number of rotatable bonds is 4. The predicted octanol–water partition coefficient (Wildman–Crippen LogP) is 3.20. The van der Waals surface area contributed by atoms with Gasteiger partial charge in [0.15, 0.2) is 5.75 Å². The van der Waals surface area contributed by atoms with Gasteiger partial charge in [0.05, 0.1) is 23.0 Å². The molecule has 0 aliphatic rings. The fourth-order valence-electron chi connectivity index (χ4n) is 1.61. The molecule has 0 spiro atoms. The summed E-state index contributed by atoms with van der Waals surface area (Å²) in [5.74, 6) is 1.38. The Morgan fingerprint density at radius 3 is 2.37 bits per heavy atom. The summed E-state index contributed by atoms with van der Waals surface area (Å²) in [6, 6.07) is 11.2. The SMILES string of the molecule is COc1ccc(COc2c(Br)ccc(N)c2N)cc1. The molecule has 5 heteroatoms. The van der Waals surface area contributed by atoms with E-state index in [1.807, 2.05) is 30.3 Å². The van der Waals surface area contributed by atoms with Gasteiger partial charge in [0.1, 0.15) is 12.4 Å². The fraction of sp³-hybridized carbons (Fsp3) is 0.143. The highest BCUT2D eigenvalue weighted by Crippen LogP contribution is 2.35. The van der Waals surface area contributed by atoms with Crippen LogP contribution in [0.25, 0.3) is 0 Å². The fourth-order valence-corrected chi connectivity index (χ4v) is 2.07. The van der Waals surface area contributed by atoms with Crippen LogP contribution < -0.4 is 20.9 Å². The van der Waals surface area contributed by atoms with E-state index in [-0.39, 0.29) is 0 Å². The van der Waals surface area contributed by atoms with E-state index in [1.54, 1.807) is 13.2 Å². The number of nitrogens with two attached hydrogens (primary N) is 2. The van der Waals surface area contributed by atoms with E-state index < -0.39 is 0 Å². The number of methoxy groups -OCH3 is 1. The van der Waals surface area contributed by atoms with Crippen molar-refractivity contribution in [3.05, 3.63) is 46.4 Å². The molecule has 0 heterocycles. The van der Waals surface area contributed by atoms with Crippen LogP contribution in [0.5, 0.6) is 11.5 Å². The quantitative estimate of drug-likeness (QED) is 0.848. The average Bonchev–Trinajstić information content (AvgIpc) is 2.44. The molecule has 0 unspecified atom stereocenters. The molecule has 19 heavy (non-hydrogen) atoms. The van der Waals surface area contributed by atoms with E-state index in [1.165, 1.54) is 0 Å². The van der Waals surface area contributed by atoms with Crippen LogP contribution in [0.3, 0.4) is 0 Å². The first-order valence-corrected chi connectivity index (χ1v) is 6.50. The minimum absolute atomic E-state index is 0.413. The maximum absolute atomic E-state index is 5.89. The first-order chi connectivity index (χ1) is 9.11. The van der Waals surface area contributed by atoms with Crippen LogP contribution in [-0.2, 0) is 6.61 Å². The third-order valence-electron chi connectivity index (χ3n) is 2.72. The molecule has 0 aliphatic heterocycles. The van der Waals surface area contributed by atoms with Gasteiger partial charge in [-0.1, -0.05) is 12.1 Å². The molecule has 0 atom stereocenters. The van der Waals surface area contributed by atoms with Gasteiger partial charge in [-0.05, 0) is 45.8 Å². The van der Waals surface area contributed by atoms with Crippen molar-refractivity contribution in [2.75, 3.05) is 18.6 Å². The number of hydrogen-bond donors (Lipinski definition) is 2. The van der Waals surface area contributed by atoms with E-state index in [2.05, 4.69) is 15.9 Å². The molecule has 4 N–H and O–H groups in total. The molecular weight excluding hydrogens is 308 g/mol. The Kier molecular flexibility index (Phi) is 4.16. The summed E-state index contributed by atoms with van der Waals surface area (Å²) in [6.45, 7) is 0.413. The van der Waals surface area contributed by atoms with Crippen LogP contribution in [-0.4, -0.2) is 7.11 Å². The highest BCUT2D eigenvalue weighted by Gasteiger charge is 2.09. The first-order valence-electron chi connectivity index (χ1n) is 5.71. The van der Waals surface area contributed by atoms with E-state index >= 15 is 0 Å². The molecule has 2 aromatic carbocycles. The molecule has 2 aromatic rings. The van der Waals surface area contributed by atoms with Gasteiger partial charge < -0.3 is 20.9 Å². The van der Waals surface area contributed by atoms with Crippen LogP contribution >= 0.6 is 15.9 Å². The molecule has 4 nitrogen and oxygen atoms in total. The summed E-state index contributed by atoms with van der Waals surface area (Å²) in [5.41, 5.74) is 13.6. The van der Waals surface area contributed by atoms with Gasteiger partial charge in [-0.2, -0.15) is 0 Å². The van der Waals surface area contributed by atoms with Gasteiger partial charge in [0.2, 0.25) is 0 Å². The van der Waals surface area contributed by atoms with Gasteiger partial charge in [0.25, 0.3) is 0 Å². The van der Waals surface area contributed by atoms with E-state index in [9.17, 15) is 0 Å². The topological polar surface area (TPSA) is 70.5 Å². The second-order valence-corrected chi connectivity index (χ2v) is 4.87. The molecule has 0 amide bonds. The average molecular weight is 323 g/mol. The molecular formula is C14H15BrN2O2. The van der Waals surface area contributed by atoms with Gasteiger partial charge in [0, 0.05) is 0 Å². The van der Waals surface area contributed by atoms with Crippen molar-refractivity contribution in [2.24, 2.45) is 0 Å². The van der Waals surface area contributed by atoms with E-state index in [0.29, 0.717) is 23.7 Å². The molecule has 0 saturated carbocycles. The Morgan fingerprint density at radius 2 is 1.74 bits per heavy atom. The lowest BCUT2D eigenvalue weighted by atomic mass is 10.2. The smallest absolute Gasteiger partial charge is 0.158 e. The summed E-state index contributed by atoms with van der Waals surface area (Å²) in [7, 11) is 1.63. The van der Waals surface area contributed by atoms with Crippen molar-refractivity contribution in [3.63, 3.8) is 0 Å². The zero-order chi connectivity index (χ0) is 13.8. The van der Waals surface area contributed by atoms with Crippen molar-refractivity contribution in [1.82, 2.24) is 0 Å². The van der Waals surface area contributed by atoms with Gasteiger partial charge >= 0.3 is 0 Å². The van der Waals surface area contributed by atoms with Gasteiger partial charge in [-0.15, -0.1) is 0 Å². The molecule has 0 bridgehead atoms. The van der Waals surface area contributed by atoms with Crippen molar-refractivity contribution in [1.29, 1.82) is 0 Å². The summed E-state index contributed by atoms with van der Waals surface area (Å²) in [5, 5.41) is 0. The number of hydrogen-bond acceptors (Lipinski definition) is 4. The standard InChI is InChI=1S/C14H15BrN2O2/c1-18-10-4-2-9(3-5-10)8-19-14-11(15)6-7-12(16)13(14)17/h2-7H,8,16-17H2,1H3. The number of anilines is 2. The van der Waals surface area contributed by atoms with E-state index in [0.717, 1.165) is 15.8 Å². The third kappa shape index (κ3) is 3.12. The summed E-state index contributed by atoms with van der Waals surface area (Å²) in [6.07, 6.45) is 0. The zero-order valence-electron chi connectivity index (χ0n) is 10.5. The van der Waals surface area contributed by atoms with Crippen LogP contribution in [0.2, 0.25) is 0 Å². The number of nitrogen functional groups attached to an aromatic ring is 2. The van der Waals surface area contributed by atoms with Crippen molar-refractivity contribution in [3.8, 4) is 11.5 Å². The van der Waals surface area contributed by atoms with Crippen LogP contribution in [0.15, 0.2) is 40.9 Å². The Balaban J connectivity index is 2.12. The Bertz CT molecular complexity index is 570. The number of benzene rings is 2. The maximum Gasteiger partial charge on any atom is 0.158 e. The molecule has 100 valence electrons. The lowest BCUT2D eigenvalue weighted by Gasteiger charge is -2.12. The number of halogens is 1. The second kappa shape index (κ2) is 5.84. The Labute approximate surface area is 120 Å². The van der Waals surface area contributed by atoms with Crippen LogP contribution in [0.1, 0.15) is 5.56 Å². The van der Waals surface area contributed by atoms with Crippen LogP contribution in [0.4, 0.5) is 11.4 Å². The number of ether oxygens (including phenoxy) is 2. The lowest BCUT2D eigenvalue weighted by molar-refractivity contribution is 0.306. The Hall–Kier alpha value is -1.88. The highest BCUT2D eigenvalue weighted by molar-refractivity contribution is 9.10. The van der Waals surface area contributed by atoms with Gasteiger partial charge in [-0.3, -0.25) is 0 Å². The van der Waals surface area contributed by atoms with Gasteiger partial charge in [-0.25, -0.2) is 0 Å². The van der Waals surface area contributed by atoms with Crippen molar-refractivity contribution >= 4 is 27.3 Å². The molecule has 0 aromatic heterocycles. The molecule has 0 radical (unpaired) electrons. The molecule has 0 aliphatic carbocycles. The lowest BCUT2D eigenvalue weighted by Crippen LogP contribution is -2.02. The summed E-state index contributed by atoms with van der Waals surface area (Å²) >= 11 is 3.40.